The van der Waals surface area contributed by atoms with Crippen LogP contribution in [-0.4, -0.2) is 34.3 Å². The molecule has 1 amide bonds. The monoisotopic (exact) mass is 347 g/mol. The van der Waals surface area contributed by atoms with E-state index in [-0.39, 0.29) is 11.0 Å². The predicted molar refractivity (Wildman–Crippen MR) is 70.0 cm³/mol. The summed E-state index contributed by atoms with van der Waals surface area (Å²) in [4.78, 5) is 26.9. The molecule has 0 radical (unpaired) electrons. The first-order valence-electron chi connectivity index (χ1n) is 5.28. The highest BCUT2D eigenvalue weighted by atomic mass is 79.9. The van der Waals surface area contributed by atoms with Gasteiger partial charge < -0.3 is 10.2 Å². The molecule has 20 heavy (non-hydrogen) atoms. The Kier molecular flexibility index (Phi) is 5.66. The molecular weight excluding hydrogens is 337 g/mol. The van der Waals surface area contributed by atoms with Gasteiger partial charge in [0.1, 0.15) is 5.82 Å². The van der Waals surface area contributed by atoms with Gasteiger partial charge in [-0.15, -0.1) is 0 Å². The second-order valence-electron chi connectivity index (χ2n) is 3.64. The van der Waals surface area contributed by atoms with E-state index in [0.29, 0.717) is 11.6 Å². The topological polar surface area (TPSA) is 87.1 Å². The van der Waals surface area contributed by atoms with Gasteiger partial charge in [-0.25, -0.2) is 14.2 Å². The normalized spacial score (nSPS) is 11.2. The van der Waals surface area contributed by atoms with Gasteiger partial charge in [-0.2, -0.15) is 0 Å². The molecule has 2 N–H and O–H groups in total. The predicted octanol–water partition coefficient (Wildman–Crippen LogP) is 2.00. The summed E-state index contributed by atoms with van der Waals surface area (Å²) in [5.41, 5.74) is 0.552. The molecule has 1 aromatic rings. The van der Waals surface area contributed by atoms with E-state index in [1.165, 1.54) is 25.3 Å². The Bertz CT molecular complexity index is 561. The highest BCUT2D eigenvalue weighted by molar-refractivity contribution is 9.10. The van der Waals surface area contributed by atoms with Crippen molar-refractivity contribution in [1.29, 1.82) is 0 Å². The maximum Gasteiger partial charge on any atom is 0.371 e. The van der Waals surface area contributed by atoms with Crippen LogP contribution in [0.15, 0.2) is 34.5 Å². The molecule has 0 aliphatic carbocycles. The molecule has 0 heterocycles. The van der Waals surface area contributed by atoms with Crippen LogP contribution in [0.2, 0.25) is 0 Å². The van der Waals surface area contributed by atoms with Crippen molar-refractivity contribution in [1.82, 2.24) is 5.06 Å². The van der Waals surface area contributed by atoms with Crippen molar-refractivity contribution < 1.29 is 29.0 Å². The summed E-state index contributed by atoms with van der Waals surface area (Å²) in [6.07, 6.45) is 0.518. The van der Waals surface area contributed by atoms with Gasteiger partial charge in [0.15, 0.2) is 0 Å². The van der Waals surface area contributed by atoms with E-state index < -0.39 is 23.5 Å². The van der Waals surface area contributed by atoms with Crippen LogP contribution in [0.25, 0.3) is 0 Å². The van der Waals surface area contributed by atoms with Crippen LogP contribution in [0.4, 0.5) is 4.39 Å². The third kappa shape index (κ3) is 4.32. The van der Waals surface area contributed by atoms with E-state index in [1.807, 2.05) is 0 Å². The number of carbonyl (C=O) groups excluding carboxylic acids is 1. The number of hydrogen-bond donors (Lipinski definition) is 2. The number of carbonyl (C=O) groups is 2. The lowest BCUT2D eigenvalue weighted by atomic mass is 10.2. The average molecular weight is 348 g/mol. The number of amides is 1. The van der Waals surface area contributed by atoms with E-state index in [0.717, 1.165) is 5.06 Å². The maximum atomic E-state index is 13.1. The molecule has 0 aliphatic rings. The van der Waals surface area contributed by atoms with Crippen LogP contribution >= 0.6 is 15.9 Å². The lowest BCUT2D eigenvalue weighted by Crippen LogP contribution is -2.28. The summed E-state index contributed by atoms with van der Waals surface area (Å²) < 4.78 is 13.3. The highest BCUT2D eigenvalue weighted by Crippen LogP contribution is 2.18. The first kappa shape index (κ1) is 16.1. The Hall–Kier alpha value is -1.93. The van der Waals surface area contributed by atoms with E-state index >= 15 is 0 Å². The number of aliphatic hydroxyl groups is 1. The number of carboxylic acids is 1. The molecule has 0 aliphatic heterocycles. The van der Waals surface area contributed by atoms with E-state index in [4.69, 9.17) is 15.1 Å². The third-order valence-electron chi connectivity index (χ3n) is 2.26. The maximum absolute atomic E-state index is 13.1. The summed E-state index contributed by atoms with van der Waals surface area (Å²) in [6, 6.07) is 4.11. The molecule has 0 atom stereocenters. The fourth-order valence-electron chi connectivity index (χ4n) is 1.29. The third-order valence-corrected chi connectivity index (χ3v) is 2.86. The molecule has 1 rings (SSSR count). The van der Waals surface area contributed by atoms with Crippen LogP contribution in [0.1, 0.15) is 5.56 Å². The number of carboxylic acid groups (broad SMARTS) is 1. The smallest absolute Gasteiger partial charge is 0.371 e. The van der Waals surface area contributed by atoms with Gasteiger partial charge in [0, 0.05) is 0 Å². The van der Waals surface area contributed by atoms with Crippen LogP contribution in [0, 0.1) is 5.82 Å². The fraction of sp³-hybridized carbons (Fsp3) is 0.167. The second-order valence-corrected chi connectivity index (χ2v) is 4.49. The minimum Gasteiger partial charge on any atom is -0.502 e. The molecule has 108 valence electrons. The molecule has 0 unspecified atom stereocenters. The van der Waals surface area contributed by atoms with Crippen LogP contribution in [0.5, 0.6) is 0 Å². The first-order valence-corrected chi connectivity index (χ1v) is 6.08. The zero-order chi connectivity index (χ0) is 15.3. The highest BCUT2D eigenvalue weighted by Gasteiger charge is 2.15. The van der Waals surface area contributed by atoms with Crippen molar-refractivity contribution in [2.24, 2.45) is 0 Å². The molecule has 0 bridgehead atoms. The van der Waals surface area contributed by atoms with Crippen molar-refractivity contribution in [2.45, 2.75) is 6.54 Å². The van der Waals surface area contributed by atoms with Gasteiger partial charge in [-0.3, -0.25) is 9.63 Å². The van der Waals surface area contributed by atoms with Crippen LogP contribution in [-0.2, 0) is 21.0 Å². The van der Waals surface area contributed by atoms with Gasteiger partial charge in [-0.1, -0.05) is 6.07 Å². The summed E-state index contributed by atoms with van der Waals surface area (Å²) in [5, 5.41) is 18.3. The largest absolute Gasteiger partial charge is 0.502 e. The number of halogens is 2. The molecule has 0 saturated heterocycles. The summed E-state index contributed by atoms with van der Waals surface area (Å²) in [5.74, 6) is -4.03. The molecule has 0 aromatic heterocycles. The minimum atomic E-state index is -1.63. The Labute approximate surface area is 122 Å². The van der Waals surface area contributed by atoms with Gasteiger partial charge in [-0.05, 0) is 33.6 Å². The number of aliphatic carboxylic acids is 1. The fourth-order valence-corrected chi connectivity index (χ4v) is 1.71. The standard InChI is InChI=1S/C12H11BrFNO5/c1-20-15(11(17)5-10(16)12(18)19)6-7-2-3-9(14)8(13)4-7/h2-5,16H,6H2,1H3,(H,18,19). The van der Waals surface area contributed by atoms with E-state index in [1.54, 1.807) is 0 Å². The van der Waals surface area contributed by atoms with Gasteiger partial charge in [0.05, 0.1) is 24.2 Å². The Morgan fingerprint density at radius 2 is 2.10 bits per heavy atom. The van der Waals surface area contributed by atoms with Crippen molar-refractivity contribution in [3.63, 3.8) is 0 Å². The van der Waals surface area contributed by atoms with Crippen molar-refractivity contribution in [2.75, 3.05) is 7.11 Å². The number of benzene rings is 1. The summed E-state index contributed by atoms with van der Waals surface area (Å²) >= 11 is 3.01. The summed E-state index contributed by atoms with van der Waals surface area (Å²) in [7, 11) is 1.21. The zero-order valence-corrected chi connectivity index (χ0v) is 11.9. The SMILES string of the molecule is CON(Cc1ccc(F)c(Br)c1)C(=O)C=C(O)C(=O)O. The lowest BCUT2D eigenvalue weighted by molar-refractivity contribution is -0.173. The molecule has 0 saturated carbocycles. The minimum absolute atomic E-state index is 0.0440. The molecule has 8 heteroatoms. The van der Waals surface area contributed by atoms with Crippen LogP contribution in [0.3, 0.4) is 0 Å². The Balaban J connectivity index is 2.86. The van der Waals surface area contributed by atoms with E-state index in [9.17, 15) is 14.0 Å². The van der Waals surface area contributed by atoms with Crippen molar-refractivity contribution >= 4 is 27.8 Å². The Morgan fingerprint density at radius 3 is 2.60 bits per heavy atom. The molecule has 1 aromatic carbocycles. The zero-order valence-electron chi connectivity index (χ0n) is 10.3. The number of hydroxylamine groups is 2. The quantitative estimate of drug-likeness (QED) is 0.483. The van der Waals surface area contributed by atoms with Gasteiger partial charge in [0.2, 0.25) is 5.76 Å². The second kappa shape index (κ2) is 7.01. The van der Waals surface area contributed by atoms with Crippen molar-refractivity contribution in [3.8, 4) is 0 Å². The van der Waals surface area contributed by atoms with Gasteiger partial charge >= 0.3 is 5.97 Å². The summed E-state index contributed by atoms with van der Waals surface area (Å²) in [6.45, 7) is -0.0440. The molecule has 6 nitrogen and oxygen atoms in total. The van der Waals surface area contributed by atoms with Gasteiger partial charge in [0.25, 0.3) is 5.91 Å². The number of aliphatic hydroxyl groups excluding tert-OH is 1. The number of rotatable bonds is 5. The average Bonchev–Trinajstić information content (AvgIpc) is 2.39. The number of hydrogen-bond acceptors (Lipinski definition) is 4. The van der Waals surface area contributed by atoms with Crippen LogP contribution < -0.4 is 0 Å². The van der Waals surface area contributed by atoms with Crippen molar-refractivity contribution in [3.05, 3.63) is 45.9 Å². The lowest BCUT2D eigenvalue weighted by Gasteiger charge is -2.18. The molecular formula is C12H11BrFNO5. The first-order chi connectivity index (χ1) is 9.35. The van der Waals surface area contributed by atoms with E-state index in [2.05, 4.69) is 15.9 Å². The number of nitrogens with zero attached hydrogens (tertiary/aromatic N) is 1. The Morgan fingerprint density at radius 1 is 1.45 bits per heavy atom. The molecule has 0 spiro atoms. The molecule has 0 fully saturated rings.